The molecule has 0 heteroatoms. The highest BCUT2D eigenvalue weighted by Crippen LogP contribution is 2.44. The first-order valence-corrected chi connectivity index (χ1v) is 5.09. The minimum atomic E-state index is 0.561. The lowest BCUT2D eigenvalue weighted by atomic mass is 9.65. The van der Waals surface area contributed by atoms with Crippen LogP contribution in [0.15, 0.2) is 12.2 Å². The molecule has 0 N–H and O–H groups in total. The third-order valence-electron chi connectivity index (χ3n) is 3.81. The van der Waals surface area contributed by atoms with Gasteiger partial charge in [0.25, 0.3) is 0 Å². The number of hydrogen-bond donors (Lipinski definition) is 0. The predicted molar refractivity (Wildman–Crippen MR) is 55.1 cm³/mol. The minimum Gasteiger partial charge on any atom is -0.0999 e. The Balaban J connectivity index is 2.58. The van der Waals surface area contributed by atoms with E-state index in [0.29, 0.717) is 5.41 Å². The maximum absolute atomic E-state index is 4.06. The molecule has 0 aliphatic heterocycles. The summed E-state index contributed by atoms with van der Waals surface area (Å²) in [6.07, 6.45) is 4.07. The van der Waals surface area contributed by atoms with Crippen molar-refractivity contribution in [2.45, 2.75) is 47.0 Å². The van der Waals surface area contributed by atoms with Crippen LogP contribution < -0.4 is 0 Å². The number of allylic oxidation sites excluding steroid dienone is 1. The van der Waals surface area contributed by atoms with Gasteiger partial charge in [-0.25, -0.2) is 0 Å². The van der Waals surface area contributed by atoms with Gasteiger partial charge in [-0.1, -0.05) is 32.9 Å². The summed E-state index contributed by atoms with van der Waals surface area (Å²) < 4.78 is 0. The molecule has 0 nitrogen and oxygen atoms in total. The molecule has 1 rings (SSSR count). The van der Waals surface area contributed by atoms with E-state index in [2.05, 4.69) is 34.3 Å². The molecular formula is C12H22. The molecule has 12 heavy (non-hydrogen) atoms. The van der Waals surface area contributed by atoms with Crippen molar-refractivity contribution in [3.8, 4) is 0 Å². The quantitative estimate of drug-likeness (QED) is 0.516. The Bertz CT molecular complexity index is 176. The lowest BCUT2D eigenvalue weighted by molar-refractivity contribution is 0.125. The Kier molecular flexibility index (Phi) is 2.65. The molecule has 1 aliphatic rings. The van der Waals surface area contributed by atoms with E-state index in [-0.39, 0.29) is 0 Å². The molecule has 0 radical (unpaired) electrons. The van der Waals surface area contributed by atoms with Gasteiger partial charge in [-0.2, -0.15) is 0 Å². The van der Waals surface area contributed by atoms with E-state index in [0.717, 1.165) is 11.8 Å². The number of hydrogen-bond acceptors (Lipinski definition) is 0. The molecule has 1 fully saturated rings. The fourth-order valence-electron chi connectivity index (χ4n) is 2.10. The zero-order chi connectivity index (χ0) is 9.35. The normalized spacial score (nSPS) is 34.7. The van der Waals surface area contributed by atoms with E-state index in [1.54, 1.807) is 0 Å². The summed E-state index contributed by atoms with van der Waals surface area (Å²) in [5.74, 6) is 1.65. The van der Waals surface area contributed by atoms with E-state index in [1.807, 2.05) is 0 Å². The van der Waals surface area contributed by atoms with Crippen LogP contribution in [0.1, 0.15) is 47.0 Å². The van der Waals surface area contributed by atoms with Gasteiger partial charge in [0.1, 0.15) is 0 Å². The van der Waals surface area contributed by atoms with Gasteiger partial charge in [0.15, 0.2) is 0 Å². The van der Waals surface area contributed by atoms with Crippen molar-refractivity contribution in [3.05, 3.63) is 12.2 Å². The van der Waals surface area contributed by atoms with Gasteiger partial charge in [-0.05, 0) is 43.4 Å². The maximum atomic E-state index is 4.06. The van der Waals surface area contributed by atoms with Crippen LogP contribution in [-0.4, -0.2) is 0 Å². The molecule has 1 saturated carbocycles. The summed E-state index contributed by atoms with van der Waals surface area (Å²) in [6.45, 7) is 13.4. The molecule has 0 saturated heterocycles. The van der Waals surface area contributed by atoms with Gasteiger partial charge in [0.05, 0.1) is 0 Å². The van der Waals surface area contributed by atoms with Crippen molar-refractivity contribution in [3.63, 3.8) is 0 Å². The summed E-state index contributed by atoms with van der Waals surface area (Å²) in [7, 11) is 0. The molecule has 1 aliphatic carbocycles. The van der Waals surface area contributed by atoms with E-state index < -0.39 is 0 Å². The molecule has 0 aromatic rings. The van der Waals surface area contributed by atoms with Crippen LogP contribution in [0, 0.1) is 17.3 Å². The fraction of sp³-hybridized carbons (Fsp3) is 0.833. The minimum absolute atomic E-state index is 0.561. The predicted octanol–water partition coefficient (Wildman–Crippen LogP) is 4.02. The van der Waals surface area contributed by atoms with Crippen LogP contribution in [0.3, 0.4) is 0 Å². The largest absolute Gasteiger partial charge is 0.0999 e. The van der Waals surface area contributed by atoms with E-state index in [1.165, 1.54) is 24.8 Å². The van der Waals surface area contributed by atoms with Crippen molar-refractivity contribution in [2.24, 2.45) is 17.3 Å². The summed E-state index contributed by atoms with van der Waals surface area (Å²) in [6, 6.07) is 0. The highest BCUT2D eigenvalue weighted by Gasteiger charge is 2.33. The first-order valence-electron chi connectivity index (χ1n) is 5.09. The average Bonchev–Trinajstić information content (AvgIpc) is 1.94. The van der Waals surface area contributed by atoms with Crippen LogP contribution >= 0.6 is 0 Å². The molecule has 0 heterocycles. The van der Waals surface area contributed by atoms with Gasteiger partial charge in [-0.15, -0.1) is 0 Å². The molecule has 0 bridgehead atoms. The Morgan fingerprint density at radius 3 is 2.42 bits per heavy atom. The highest BCUT2D eigenvalue weighted by molar-refractivity contribution is 5.00. The topological polar surface area (TPSA) is 0 Å². The van der Waals surface area contributed by atoms with Gasteiger partial charge >= 0.3 is 0 Å². The summed E-state index contributed by atoms with van der Waals surface area (Å²) >= 11 is 0. The molecular weight excluding hydrogens is 144 g/mol. The Hall–Kier alpha value is -0.260. The molecule has 2 unspecified atom stereocenters. The average molecular weight is 166 g/mol. The van der Waals surface area contributed by atoms with Crippen molar-refractivity contribution >= 4 is 0 Å². The zero-order valence-corrected chi connectivity index (χ0v) is 8.98. The second kappa shape index (κ2) is 3.24. The number of rotatable bonds is 1. The van der Waals surface area contributed by atoms with Gasteiger partial charge in [0, 0.05) is 0 Å². The standard InChI is InChI=1S/C12H22/c1-9(2)11-6-7-12(4,5)10(3)8-11/h10-11H,1,6-8H2,2-5H3. The lowest BCUT2D eigenvalue weighted by Crippen LogP contribution is -2.30. The van der Waals surface area contributed by atoms with Crippen LogP contribution in [0.5, 0.6) is 0 Å². The van der Waals surface area contributed by atoms with Crippen molar-refractivity contribution in [1.82, 2.24) is 0 Å². The molecule has 0 aromatic carbocycles. The third-order valence-corrected chi connectivity index (χ3v) is 3.81. The SMILES string of the molecule is C=C(C)C1CCC(C)(C)C(C)C1. The highest BCUT2D eigenvalue weighted by atomic mass is 14.4. The zero-order valence-electron chi connectivity index (χ0n) is 8.98. The van der Waals surface area contributed by atoms with E-state index in [9.17, 15) is 0 Å². The van der Waals surface area contributed by atoms with Crippen LogP contribution in [0.2, 0.25) is 0 Å². The van der Waals surface area contributed by atoms with E-state index >= 15 is 0 Å². The first kappa shape index (κ1) is 9.83. The Labute approximate surface area is 77.1 Å². The van der Waals surface area contributed by atoms with Crippen LogP contribution in [0.4, 0.5) is 0 Å². The summed E-state index contributed by atoms with van der Waals surface area (Å²) in [4.78, 5) is 0. The van der Waals surface area contributed by atoms with Crippen molar-refractivity contribution < 1.29 is 0 Å². The Morgan fingerprint density at radius 1 is 1.42 bits per heavy atom. The lowest BCUT2D eigenvalue weighted by Gasteiger charge is -2.40. The second-order valence-electron chi connectivity index (χ2n) is 5.21. The van der Waals surface area contributed by atoms with Crippen LogP contribution in [0.25, 0.3) is 0 Å². The third kappa shape index (κ3) is 1.91. The van der Waals surface area contributed by atoms with Gasteiger partial charge in [0.2, 0.25) is 0 Å². The fourth-order valence-corrected chi connectivity index (χ4v) is 2.10. The monoisotopic (exact) mass is 166 g/mol. The molecule has 2 atom stereocenters. The molecule has 70 valence electrons. The molecule has 0 aromatic heterocycles. The molecule has 0 spiro atoms. The van der Waals surface area contributed by atoms with Crippen molar-refractivity contribution in [1.29, 1.82) is 0 Å². The molecule has 0 amide bonds. The first-order chi connectivity index (χ1) is 5.43. The van der Waals surface area contributed by atoms with Crippen molar-refractivity contribution in [2.75, 3.05) is 0 Å². The smallest absolute Gasteiger partial charge is 0.0206 e. The maximum Gasteiger partial charge on any atom is -0.0206 e. The second-order valence-corrected chi connectivity index (χ2v) is 5.21. The van der Waals surface area contributed by atoms with Gasteiger partial charge in [-0.3, -0.25) is 0 Å². The van der Waals surface area contributed by atoms with Crippen LogP contribution in [-0.2, 0) is 0 Å². The summed E-state index contributed by atoms with van der Waals surface area (Å²) in [5, 5.41) is 0. The Morgan fingerprint density at radius 2 is 2.00 bits per heavy atom. The van der Waals surface area contributed by atoms with E-state index in [4.69, 9.17) is 0 Å². The van der Waals surface area contributed by atoms with Gasteiger partial charge < -0.3 is 0 Å². The summed E-state index contributed by atoms with van der Waals surface area (Å²) in [5.41, 5.74) is 1.95.